The molecule has 13 heavy (non-hydrogen) atoms. The van der Waals surface area contributed by atoms with Gasteiger partial charge in [-0.25, -0.2) is 4.79 Å². The molecule has 1 N–H and O–H groups in total. The van der Waals surface area contributed by atoms with Crippen LogP contribution in [0.25, 0.3) is 0 Å². The number of hydrogen-bond acceptors (Lipinski definition) is 3. The van der Waals surface area contributed by atoms with Gasteiger partial charge in [0.15, 0.2) is 0 Å². The first kappa shape index (κ1) is 9.99. The fraction of sp³-hybridized carbons (Fsp3) is 0.500. The Morgan fingerprint density at radius 2 is 2.46 bits per heavy atom. The maximum atomic E-state index is 11.0. The van der Waals surface area contributed by atoms with Crippen LogP contribution in [0.15, 0.2) is 24.3 Å². The number of rotatable bonds is 2. The van der Waals surface area contributed by atoms with Gasteiger partial charge in [-0.15, -0.1) is 6.58 Å². The van der Waals surface area contributed by atoms with Crippen molar-refractivity contribution in [2.75, 3.05) is 20.2 Å². The molecule has 1 aliphatic rings. The van der Waals surface area contributed by atoms with Crippen LogP contribution in [-0.4, -0.2) is 26.2 Å². The van der Waals surface area contributed by atoms with Crippen LogP contribution in [0.4, 0.5) is 0 Å². The molecule has 0 spiro atoms. The van der Waals surface area contributed by atoms with E-state index in [0.29, 0.717) is 0 Å². The molecule has 1 saturated heterocycles. The van der Waals surface area contributed by atoms with Gasteiger partial charge in [0.05, 0.1) is 7.11 Å². The van der Waals surface area contributed by atoms with E-state index in [1.165, 1.54) is 7.11 Å². The quantitative estimate of drug-likeness (QED) is 0.390. The van der Waals surface area contributed by atoms with Crippen molar-refractivity contribution >= 4 is 5.97 Å². The van der Waals surface area contributed by atoms with E-state index in [9.17, 15) is 4.79 Å². The lowest BCUT2D eigenvalue weighted by atomic mass is 9.85. The van der Waals surface area contributed by atoms with Crippen molar-refractivity contribution in [3.63, 3.8) is 0 Å². The molecular formula is C10H15NO2. The van der Waals surface area contributed by atoms with Gasteiger partial charge < -0.3 is 10.1 Å². The van der Waals surface area contributed by atoms with Crippen molar-refractivity contribution in [3.8, 4) is 0 Å². The van der Waals surface area contributed by atoms with Gasteiger partial charge >= 0.3 is 5.97 Å². The maximum Gasteiger partial charge on any atom is 0.330 e. The van der Waals surface area contributed by atoms with Crippen LogP contribution >= 0.6 is 0 Å². The molecule has 0 bridgehead atoms. The molecule has 1 aliphatic heterocycles. The molecule has 0 radical (unpaired) electrons. The molecule has 1 heterocycles. The van der Waals surface area contributed by atoms with Gasteiger partial charge in [-0.05, 0) is 5.57 Å². The number of nitrogens with one attached hydrogen (secondary N) is 1. The number of methoxy groups -OCH3 is 1. The van der Waals surface area contributed by atoms with Crippen molar-refractivity contribution in [1.29, 1.82) is 0 Å². The van der Waals surface area contributed by atoms with Crippen molar-refractivity contribution < 1.29 is 9.53 Å². The topological polar surface area (TPSA) is 38.3 Å². The molecule has 0 amide bonds. The largest absolute Gasteiger partial charge is 0.466 e. The van der Waals surface area contributed by atoms with Crippen LogP contribution in [0, 0.1) is 5.41 Å². The Kier molecular flexibility index (Phi) is 2.88. The van der Waals surface area contributed by atoms with Crippen molar-refractivity contribution in [3.05, 3.63) is 24.3 Å². The summed E-state index contributed by atoms with van der Waals surface area (Å²) in [6.07, 6.45) is 3.41. The third-order valence-electron chi connectivity index (χ3n) is 2.49. The highest BCUT2D eigenvalue weighted by atomic mass is 16.5. The highest BCUT2D eigenvalue weighted by Gasteiger charge is 2.30. The average Bonchev–Trinajstić information content (AvgIpc) is 2.49. The number of esters is 1. The summed E-state index contributed by atoms with van der Waals surface area (Å²) >= 11 is 0. The minimum absolute atomic E-state index is 0.103. The van der Waals surface area contributed by atoms with Crippen molar-refractivity contribution in [2.45, 2.75) is 6.92 Å². The Morgan fingerprint density at radius 3 is 3.00 bits per heavy atom. The van der Waals surface area contributed by atoms with Gasteiger partial charge in [0.1, 0.15) is 0 Å². The molecule has 0 aromatic heterocycles. The summed E-state index contributed by atoms with van der Waals surface area (Å²) in [5.74, 6) is -0.299. The molecule has 0 aliphatic carbocycles. The van der Waals surface area contributed by atoms with Crippen LogP contribution in [0.2, 0.25) is 0 Å². The first-order valence-corrected chi connectivity index (χ1v) is 4.25. The predicted octanol–water partition coefficient (Wildman–Crippen LogP) is 0.881. The number of carbonyl (C=O) groups excluding carboxylic acids is 1. The van der Waals surface area contributed by atoms with Crippen LogP contribution in [0.1, 0.15) is 6.92 Å². The highest BCUT2D eigenvalue weighted by Crippen LogP contribution is 2.31. The minimum atomic E-state index is -0.299. The van der Waals surface area contributed by atoms with Gasteiger partial charge in [0, 0.05) is 24.6 Å². The molecule has 0 saturated carbocycles. The predicted molar refractivity (Wildman–Crippen MR) is 51.3 cm³/mol. The SMILES string of the molecule is C=C[C@]1(C)CNC/C1=C/C(=O)OC. The molecule has 3 nitrogen and oxygen atoms in total. The first-order chi connectivity index (χ1) is 6.12. The fourth-order valence-corrected chi connectivity index (χ4v) is 1.39. The Hall–Kier alpha value is -1.09. The number of hydrogen-bond donors (Lipinski definition) is 1. The maximum absolute atomic E-state index is 11.0. The summed E-state index contributed by atoms with van der Waals surface area (Å²) < 4.78 is 4.57. The molecule has 72 valence electrons. The summed E-state index contributed by atoms with van der Waals surface area (Å²) in [7, 11) is 1.38. The third kappa shape index (κ3) is 1.98. The molecule has 1 fully saturated rings. The van der Waals surface area contributed by atoms with Gasteiger partial charge in [-0.1, -0.05) is 13.0 Å². The lowest BCUT2D eigenvalue weighted by molar-refractivity contribution is -0.134. The van der Waals surface area contributed by atoms with Gasteiger partial charge in [-0.2, -0.15) is 0 Å². The molecule has 1 atom stereocenters. The van der Waals surface area contributed by atoms with Gasteiger partial charge in [-0.3, -0.25) is 0 Å². The Morgan fingerprint density at radius 1 is 1.77 bits per heavy atom. The average molecular weight is 181 g/mol. The molecular weight excluding hydrogens is 166 g/mol. The van der Waals surface area contributed by atoms with E-state index in [2.05, 4.69) is 23.6 Å². The fourth-order valence-electron chi connectivity index (χ4n) is 1.39. The summed E-state index contributed by atoms with van der Waals surface area (Å²) in [6.45, 7) is 7.38. The summed E-state index contributed by atoms with van der Waals surface area (Å²) in [5, 5.41) is 3.20. The Balaban J connectivity index is 2.85. The van der Waals surface area contributed by atoms with Crippen LogP contribution in [0.5, 0.6) is 0 Å². The van der Waals surface area contributed by atoms with Crippen molar-refractivity contribution in [2.24, 2.45) is 5.41 Å². The van der Waals surface area contributed by atoms with E-state index < -0.39 is 0 Å². The Labute approximate surface area is 78.5 Å². The zero-order chi connectivity index (χ0) is 9.90. The molecule has 0 unspecified atom stereocenters. The van der Waals surface area contributed by atoms with Crippen molar-refractivity contribution in [1.82, 2.24) is 5.32 Å². The van der Waals surface area contributed by atoms with Crippen LogP contribution in [-0.2, 0) is 9.53 Å². The molecule has 0 aromatic rings. The van der Waals surface area contributed by atoms with Gasteiger partial charge in [0.25, 0.3) is 0 Å². The van der Waals surface area contributed by atoms with Crippen LogP contribution in [0.3, 0.4) is 0 Å². The lowest BCUT2D eigenvalue weighted by Crippen LogP contribution is -2.18. The van der Waals surface area contributed by atoms with Crippen LogP contribution < -0.4 is 5.32 Å². The molecule has 0 aromatic carbocycles. The second-order valence-electron chi connectivity index (χ2n) is 3.42. The number of ether oxygens (including phenoxy) is 1. The standard InChI is InChI=1S/C10H15NO2/c1-4-10(2)7-11-6-8(10)5-9(12)13-3/h4-5,11H,1,6-7H2,2-3H3/b8-5-/t10-/m1/s1. The second kappa shape index (κ2) is 3.75. The van der Waals surface area contributed by atoms with E-state index in [0.717, 1.165) is 18.7 Å². The smallest absolute Gasteiger partial charge is 0.330 e. The zero-order valence-corrected chi connectivity index (χ0v) is 8.09. The second-order valence-corrected chi connectivity index (χ2v) is 3.42. The highest BCUT2D eigenvalue weighted by molar-refractivity contribution is 5.83. The van der Waals surface area contributed by atoms with E-state index in [-0.39, 0.29) is 11.4 Å². The molecule has 3 heteroatoms. The minimum Gasteiger partial charge on any atom is -0.466 e. The summed E-state index contributed by atoms with van der Waals surface area (Å²) in [6, 6.07) is 0. The Bertz CT molecular complexity index is 258. The van der Waals surface area contributed by atoms with E-state index >= 15 is 0 Å². The van der Waals surface area contributed by atoms with Gasteiger partial charge in [0.2, 0.25) is 0 Å². The van der Waals surface area contributed by atoms with E-state index in [1.54, 1.807) is 6.08 Å². The first-order valence-electron chi connectivity index (χ1n) is 4.25. The molecule has 1 rings (SSSR count). The zero-order valence-electron chi connectivity index (χ0n) is 8.09. The third-order valence-corrected chi connectivity index (χ3v) is 2.49. The summed E-state index contributed by atoms with van der Waals surface area (Å²) in [5.41, 5.74) is 0.933. The van der Waals surface area contributed by atoms with E-state index in [1.807, 2.05) is 6.08 Å². The van der Waals surface area contributed by atoms with E-state index in [4.69, 9.17) is 0 Å². The normalized spacial score (nSPS) is 30.5. The monoisotopic (exact) mass is 181 g/mol. The lowest BCUT2D eigenvalue weighted by Gasteiger charge is -2.19. The number of carbonyl (C=O) groups is 1. The summed E-state index contributed by atoms with van der Waals surface area (Å²) in [4.78, 5) is 11.0.